The molecule has 0 radical (unpaired) electrons. The second kappa shape index (κ2) is 9.68. The van der Waals surface area contributed by atoms with Gasteiger partial charge in [0.25, 0.3) is 5.91 Å². The molecule has 2 N–H and O–H groups in total. The number of rotatable bonds is 7. The van der Waals surface area contributed by atoms with Crippen LogP contribution < -0.4 is 15.5 Å². The molecular formula is C27H21NO6S. The number of carboxylic acids is 1. The first-order chi connectivity index (χ1) is 17.0. The Morgan fingerprint density at radius 2 is 1.80 bits per heavy atom. The van der Waals surface area contributed by atoms with E-state index in [2.05, 4.69) is 17.4 Å². The Balaban J connectivity index is 1.30. The lowest BCUT2D eigenvalue weighted by molar-refractivity contribution is 0.0665. The smallest absolute Gasteiger partial charge is 0.374 e. The molecule has 8 heteroatoms. The van der Waals surface area contributed by atoms with Crippen LogP contribution in [0.1, 0.15) is 32.0 Å². The molecule has 3 aromatic carbocycles. The number of anilines is 1. The van der Waals surface area contributed by atoms with Crippen molar-refractivity contribution < 1.29 is 23.8 Å². The molecule has 0 aliphatic carbocycles. The predicted molar refractivity (Wildman–Crippen MR) is 135 cm³/mol. The highest BCUT2D eigenvalue weighted by Gasteiger charge is 2.26. The summed E-state index contributed by atoms with van der Waals surface area (Å²) in [5, 5.41) is 12.2. The lowest BCUT2D eigenvalue weighted by Crippen LogP contribution is -2.22. The molecule has 0 saturated carbocycles. The van der Waals surface area contributed by atoms with Crippen LogP contribution in [-0.4, -0.2) is 28.8 Å². The van der Waals surface area contributed by atoms with E-state index in [1.165, 1.54) is 17.7 Å². The van der Waals surface area contributed by atoms with Crippen molar-refractivity contribution in [3.8, 4) is 5.75 Å². The minimum atomic E-state index is -1.44. The van der Waals surface area contributed by atoms with Gasteiger partial charge >= 0.3 is 5.97 Å². The van der Waals surface area contributed by atoms with Crippen molar-refractivity contribution in [3.63, 3.8) is 0 Å². The van der Waals surface area contributed by atoms with Crippen molar-refractivity contribution in [1.29, 1.82) is 0 Å². The van der Waals surface area contributed by atoms with Gasteiger partial charge in [-0.15, -0.1) is 0 Å². The van der Waals surface area contributed by atoms with Gasteiger partial charge in [-0.05, 0) is 41.5 Å². The number of carbonyl (C=O) groups is 2. The number of nitrogens with one attached hydrogen (secondary N) is 1. The van der Waals surface area contributed by atoms with Gasteiger partial charge in [0.05, 0.1) is 5.39 Å². The second-order valence-corrected chi connectivity index (χ2v) is 9.19. The topological polar surface area (TPSA) is 106 Å². The Morgan fingerprint density at radius 1 is 1.03 bits per heavy atom. The standard InChI is InChI=1S/C27H21NO6S/c29-24-20-8-4-5-9-22(20)34-25(27(31)32)23(24)28-26(30)17-10-11-21-18(12-17)13-19(33-21)15-35-14-16-6-2-1-3-7-16/h1-12,19H,13-15H2,(H,28,30)(H,31,32). The third-order valence-electron chi connectivity index (χ3n) is 5.71. The van der Waals surface area contributed by atoms with Crippen molar-refractivity contribution in [2.45, 2.75) is 18.3 Å². The first-order valence-electron chi connectivity index (χ1n) is 11.0. The Morgan fingerprint density at radius 3 is 2.60 bits per heavy atom. The number of amides is 1. The Bertz CT molecular complexity index is 1480. The average Bonchev–Trinajstić information content (AvgIpc) is 3.28. The number of hydrogen-bond acceptors (Lipinski definition) is 6. The highest BCUT2D eigenvalue weighted by Crippen LogP contribution is 2.32. The van der Waals surface area contributed by atoms with Gasteiger partial charge in [0.2, 0.25) is 11.2 Å². The zero-order chi connectivity index (χ0) is 24.4. The molecule has 0 saturated heterocycles. The summed E-state index contributed by atoms with van der Waals surface area (Å²) >= 11 is 1.79. The molecule has 5 rings (SSSR count). The first-order valence-corrected chi connectivity index (χ1v) is 12.2. The van der Waals surface area contributed by atoms with Gasteiger partial charge in [-0.2, -0.15) is 11.8 Å². The fourth-order valence-electron chi connectivity index (χ4n) is 4.03. The van der Waals surface area contributed by atoms with Crippen molar-refractivity contribution in [2.75, 3.05) is 11.1 Å². The molecule has 0 bridgehead atoms. The molecule has 7 nitrogen and oxygen atoms in total. The van der Waals surface area contributed by atoms with Crippen LogP contribution in [-0.2, 0) is 12.2 Å². The lowest BCUT2D eigenvalue weighted by Gasteiger charge is -2.10. The van der Waals surface area contributed by atoms with E-state index in [0.717, 1.165) is 22.8 Å². The molecule has 1 amide bonds. The molecule has 1 aromatic heterocycles. The van der Waals surface area contributed by atoms with E-state index in [1.54, 1.807) is 42.1 Å². The first kappa shape index (κ1) is 22.7. The fourth-order valence-corrected chi connectivity index (χ4v) is 5.02. The van der Waals surface area contributed by atoms with E-state index in [0.29, 0.717) is 12.0 Å². The number of carboxylic acid groups (broad SMARTS) is 1. The van der Waals surface area contributed by atoms with Gasteiger partial charge in [0.1, 0.15) is 23.1 Å². The second-order valence-electron chi connectivity index (χ2n) is 8.16. The Hall–Kier alpha value is -4.04. The normalized spacial score (nSPS) is 14.3. The van der Waals surface area contributed by atoms with E-state index in [9.17, 15) is 19.5 Å². The van der Waals surface area contributed by atoms with Crippen LogP contribution in [0.5, 0.6) is 5.75 Å². The third-order valence-corrected chi connectivity index (χ3v) is 6.85. The summed E-state index contributed by atoms with van der Waals surface area (Å²) in [5.74, 6) is -0.220. The summed E-state index contributed by atoms with van der Waals surface area (Å²) in [6.07, 6.45) is 0.666. The minimum Gasteiger partial charge on any atom is -0.489 e. The van der Waals surface area contributed by atoms with Gasteiger partial charge in [0.15, 0.2) is 0 Å². The molecule has 35 heavy (non-hydrogen) atoms. The number of fused-ring (bicyclic) bond motifs is 2. The van der Waals surface area contributed by atoms with E-state index in [4.69, 9.17) is 9.15 Å². The van der Waals surface area contributed by atoms with Crippen molar-refractivity contribution in [1.82, 2.24) is 0 Å². The van der Waals surface area contributed by atoms with Crippen LogP contribution in [0, 0.1) is 0 Å². The maximum absolute atomic E-state index is 13.0. The number of carbonyl (C=O) groups excluding carboxylic acids is 1. The quantitative estimate of drug-likeness (QED) is 0.379. The van der Waals surface area contributed by atoms with Gasteiger partial charge in [-0.25, -0.2) is 4.79 Å². The summed E-state index contributed by atoms with van der Waals surface area (Å²) < 4.78 is 11.4. The zero-order valence-electron chi connectivity index (χ0n) is 18.5. The molecule has 0 fully saturated rings. The monoisotopic (exact) mass is 487 g/mol. The van der Waals surface area contributed by atoms with Crippen LogP contribution in [0.2, 0.25) is 0 Å². The summed E-state index contributed by atoms with van der Waals surface area (Å²) in [6.45, 7) is 0. The number of hydrogen-bond donors (Lipinski definition) is 2. The number of thioether (sulfide) groups is 1. The van der Waals surface area contributed by atoms with E-state index < -0.39 is 28.8 Å². The maximum Gasteiger partial charge on any atom is 0.374 e. The highest BCUT2D eigenvalue weighted by atomic mass is 32.2. The SMILES string of the molecule is O=C(Nc1c(C(=O)O)oc2ccccc2c1=O)c1ccc2c(c1)CC(CSCc1ccccc1)O2. The lowest BCUT2D eigenvalue weighted by atomic mass is 10.1. The van der Waals surface area contributed by atoms with Gasteiger partial charge < -0.3 is 19.6 Å². The summed E-state index contributed by atoms with van der Waals surface area (Å²) in [7, 11) is 0. The van der Waals surface area contributed by atoms with Crippen molar-refractivity contribution in [3.05, 3.63) is 105 Å². The molecule has 4 aromatic rings. The molecule has 1 unspecified atom stereocenters. The molecule has 1 aliphatic heterocycles. The van der Waals surface area contributed by atoms with Crippen LogP contribution in [0.4, 0.5) is 5.69 Å². The Labute approximate surface area is 204 Å². The average molecular weight is 488 g/mol. The van der Waals surface area contributed by atoms with Crippen LogP contribution in [0.15, 0.2) is 82.0 Å². The molecule has 176 valence electrons. The Kier molecular flexibility index (Phi) is 6.29. The molecule has 0 spiro atoms. The largest absolute Gasteiger partial charge is 0.489 e. The minimum absolute atomic E-state index is 0.00293. The van der Waals surface area contributed by atoms with Gasteiger partial charge in [-0.3, -0.25) is 9.59 Å². The van der Waals surface area contributed by atoms with Crippen LogP contribution >= 0.6 is 11.8 Å². The number of para-hydroxylation sites is 1. The molecule has 2 heterocycles. The predicted octanol–water partition coefficient (Wildman–Crippen LogP) is 4.98. The van der Waals surface area contributed by atoms with Crippen molar-refractivity contribution in [2.24, 2.45) is 0 Å². The maximum atomic E-state index is 13.0. The number of ether oxygens (including phenoxy) is 1. The fraction of sp³-hybridized carbons (Fsp3) is 0.148. The summed E-state index contributed by atoms with van der Waals surface area (Å²) in [4.78, 5) is 37.6. The highest BCUT2D eigenvalue weighted by molar-refractivity contribution is 7.98. The van der Waals surface area contributed by atoms with E-state index >= 15 is 0 Å². The summed E-state index contributed by atoms with van der Waals surface area (Å²) in [5.41, 5.74) is 1.58. The van der Waals surface area contributed by atoms with E-state index in [1.807, 2.05) is 18.2 Å². The molecular weight excluding hydrogens is 466 g/mol. The van der Waals surface area contributed by atoms with Gasteiger partial charge in [-0.1, -0.05) is 42.5 Å². The van der Waals surface area contributed by atoms with Crippen molar-refractivity contribution >= 4 is 40.3 Å². The van der Waals surface area contributed by atoms with Crippen LogP contribution in [0.3, 0.4) is 0 Å². The third kappa shape index (κ3) is 4.79. The van der Waals surface area contributed by atoms with Gasteiger partial charge in [0, 0.05) is 23.5 Å². The molecule has 1 aliphatic rings. The van der Waals surface area contributed by atoms with Crippen LogP contribution in [0.25, 0.3) is 11.0 Å². The number of benzene rings is 3. The number of aromatic carboxylic acids is 1. The molecule has 1 atom stereocenters. The zero-order valence-corrected chi connectivity index (χ0v) is 19.3. The summed E-state index contributed by atoms with van der Waals surface area (Å²) in [6, 6.07) is 21.6. The van der Waals surface area contributed by atoms with E-state index in [-0.39, 0.29) is 17.1 Å².